The van der Waals surface area contributed by atoms with Crippen LogP contribution in [0.1, 0.15) is 18.9 Å². The molecule has 1 amide bonds. The van der Waals surface area contributed by atoms with E-state index in [4.69, 9.17) is 14.2 Å². The van der Waals surface area contributed by atoms with Crippen molar-refractivity contribution in [1.82, 2.24) is 0 Å². The minimum atomic E-state index is -0.572. The molecule has 0 saturated carbocycles. The Morgan fingerprint density at radius 3 is 2.81 bits per heavy atom. The van der Waals surface area contributed by atoms with Crippen LogP contribution in [0.2, 0.25) is 0 Å². The molecule has 136 valence electrons. The summed E-state index contributed by atoms with van der Waals surface area (Å²) in [4.78, 5) is 26.1. The fraction of sp³-hybridized carbons (Fsp3) is 0.300. The number of hydrogen-bond acceptors (Lipinski definition) is 5. The van der Waals surface area contributed by atoms with Crippen LogP contribution in [0.3, 0.4) is 0 Å². The van der Waals surface area contributed by atoms with E-state index in [0.29, 0.717) is 17.2 Å². The van der Waals surface area contributed by atoms with Crippen LogP contribution in [0.25, 0.3) is 0 Å². The highest BCUT2D eigenvalue weighted by Crippen LogP contribution is 2.33. The van der Waals surface area contributed by atoms with Crippen LogP contribution in [0.15, 0.2) is 48.5 Å². The average molecular weight is 355 g/mol. The van der Waals surface area contributed by atoms with E-state index >= 15 is 0 Å². The average Bonchev–Trinajstić information content (AvgIpc) is 2.67. The second kappa shape index (κ2) is 7.91. The second-order valence-electron chi connectivity index (χ2n) is 5.98. The van der Waals surface area contributed by atoms with E-state index in [1.807, 2.05) is 42.5 Å². The zero-order valence-electron chi connectivity index (χ0n) is 14.8. The molecule has 26 heavy (non-hydrogen) atoms. The summed E-state index contributed by atoms with van der Waals surface area (Å²) in [5.74, 6) is 0.828. The number of para-hydroxylation sites is 2. The molecule has 3 rings (SSSR count). The number of rotatable bonds is 6. The molecular weight excluding hydrogens is 334 g/mol. The highest BCUT2D eigenvalue weighted by Gasteiger charge is 2.31. The van der Waals surface area contributed by atoms with E-state index in [2.05, 4.69) is 0 Å². The topological polar surface area (TPSA) is 65.1 Å². The highest BCUT2D eigenvalue weighted by molar-refractivity contribution is 6.00. The fourth-order valence-corrected chi connectivity index (χ4v) is 2.79. The van der Waals surface area contributed by atoms with Crippen molar-refractivity contribution < 1.29 is 23.8 Å². The monoisotopic (exact) mass is 355 g/mol. The molecule has 1 unspecified atom stereocenters. The number of ether oxygens (including phenoxy) is 3. The third kappa shape index (κ3) is 3.96. The lowest BCUT2D eigenvalue weighted by Crippen LogP contribution is -2.45. The molecule has 1 heterocycles. The normalized spacial score (nSPS) is 15.8. The minimum Gasteiger partial charge on any atom is -0.497 e. The maximum absolute atomic E-state index is 12.4. The molecule has 1 aliphatic heterocycles. The Balaban J connectivity index is 1.58. The maximum Gasteiger partial charge on any atom is 0.307 e. The maximum atomic E-state index is 12.4. The summed E-state index contributed by atoms with van der Waals surface area (Å²) in [6, 6.07) is 14.6. The van der Waals surface area contributed by atoms with Crippen LogP contribution in [0, 0.1) is 0 Å². The Morgan fingerprint density at radius 1 is 1.19 bits per heavy atom. The van der Waals surface area contributed by atoms with Gasteiger partial charge in [-0.15, -0.1) is 0 Å². The quantitative estimate of drug-likeness (QED) is 0.746. The molecule has 2 aromatic carbocycles. The number of carbonyl (C=O) groups excluding carboxylic acids is 2. The van der Waals surface area contributed by atoms with Crippen LogP contribution in [-0.2, 0) is 20.9 Å². The molecule has 6 heteroatoms. The first kappa shape index (κ1) is 17.8. The van der Waals surface area contributed by atoms with E-state index in [-0.39, 0.29) is 31.4 Å². The summed E-state index contributed by atoms with van der Waals surface area (Å²) in [5, 5.41) is 0. The summed E-state index contributed by atoms with van der Waals surface area (Å²) < 4.78 is 16.0. The molecule has 1 aliphatic rings. The highest BCUT2D eigenvalue weighted by atomic mass is 16.5. The molecule has 0 saturated heterocycles. The lowest BCUT2D eigenvalue weighted by molar-refractivity contribution is -0.144. The molecule has 6 nitrogen and oxygen atoms in total. The molecular formula is C20H21NO5. The van der Waals surface area contributed by atoms with Crippen LogP contribution in [-0.4, -0.2) is 31.6 Å². The van der Waals surface area contributed by atoms with Crippen molar-refractivity contribution in [2.24, 2.45) is 0 Å². The fourth-order valence-electron chi connectivity index (χ4n) is 2.79. The van der Waals surface area contributed by atoms with Gasteiger partial charge in [-0.05, 0) is 36.8 Å². The third-order valence-electron chi connectivity index (χ3n) is 4.15. The lowest BCUT2D eigenvalue weighted by atomic mass is 10.2. The zero-order valence-corrected chi connectivity index (χ0v) is 14.8. The smallest absolute Gasteiger partial charge is 0.307 e. The standard InChI is InChI=1S/C20H21NO5/c1-14-20(23)21(17-8-3-4-9-18(17)26-14)11-10-19(22)25-13-15-6-5-7-16(12-15)24-2/h3-9,12,14H,10-11,13H2,1-2H3. The van der Waals surface area contributed by atoms with Gasteiger partial charge in [0.25, 0.3) is 5.91 Å². The Labute approximate surface area is 152 Å². The first-order valence-corrected chi connectivity index (χ1v) is 8.44. The van der Waals surface area contributed by atoms with E-state index in [1.54, 1.807) is 25.0 Å². The number of esters is 1. The molecule has 0 bridgehead atoms. The summed E-state index contributed by atoms with van der Waals surface area (Å²) in [6.45, 7) is 2.12. The van der Waals surface area contributed by atoms with Gasteiger partial charge >= 0.3 is 5.97 Å². The van der Waals surface area contributed by atoms with Crippen molar-refractivity contribution in [3.8, 4) is 11.5 Å². The predicted molar refractivity (Wildman–Crippen MR) is 96.3 cm³/mol. The Kier molecular flexibility index (Phi) is 5.41. The minimum absolute atomic E-state index is 0.108. The van der Waals surface area contributed by atoms with Crippen molar-refractivity contribution in [3.63, 3.8) is 0 Å². The van der Waals surface area contributed by atoms with Crippen molar-refractivity contribution in [2.45, 2.75) is 26.1 Å². The molecule has 0 aliphatic carbocycles. The SMILES string of the molecule is COc1cccc(COC(=O)CCN2C(=O)C(C)Oc3ccccc32)c1. The van der Waals surface area contributed by atoms with E-state index in [0.717, 1.165) is 5.56 Å². The van der Waals surface area contributed by atoms with Gasteiger partial charge in [0, 0.05) is 6.54 Å². The molecule has 0 aromatic heterocycles. The summed E-state index contributed by atoms with van der Waals surface area (Å²) in [5.41, 5.74) is 1.52. The third-order valence-corrected chi connectivity index (χ3v) is 4.15. The van der Waals surface area contributed by atoms with Crippen LogP contribution in [0.4, 0.5) is 5.69 Å². The number of fused-ring (bicyclic) bond motifs is 1. The molecule has 2 aromatic rings. The van der Waals surface area contributed by atoms with E-state index in [1.165, 1.54) is 0 Å². The molecule has 0 radical (unpaired) electrons. The summed E-state index contributed by atoms with van der Waals surface area (Å²) in [6.07, 6.45) is -0.464. The van der Waals surface area contributed by atoms with Crippen LogP contribution in [0.5, 0.6) is 11.5 Å². The van der Waals surface area contributed by atoms with Gasteiger partial charge < -0.3 is 19.1 Å². The number of hydrogen-bond donors (Lipinski definition) is 0. The molecule has 0 N–H and O–H groups in total. The molecule has 0 spiro atoms. The van der Waals surface area contributed by atoms with Crippen LogP contribution >= 0.6 is 0 Å². The van der Waals surface area contributed by atoms with Gasteiger partial charge in [0.1, 0.15) is 18.1 Å². The van der Waals surface area contributed by atoms with Crippen molar-refractivity contribution in [1.29, 1.82) is 0 Å². The summed E-state index contributed by atoms with van der Waals surface area (Å²) in [7, 11) is 1.59. The number of anilines is 1. The molecule has 0 fully saturated rings. The van der Waals surface area contributed by atoms with Gasteiger partial charge in [0.2, 0.25) is 0 Å². The van der Waals surface area contributed by atoms with Crippen molar-refractivity contribution >= 4 is 17.6 Å². The van der Waals surface area contributed by atoms with Gasteiger partial charge in [0.05, 0.1) is 19.2 Å². The Morgan fingerprint density at radius 2 is 2.00 bits per heavy atom. The van der Waals surface area contributed by atoms with Gasteiger partial charge in [0.15, 0.2) is 6.10 Å². The van der Waals surface area contributed by atoms with Gasteiger partial charge in [-0.1, -0.05) is 24.3 Å². The number of nitrogens with zero attached hydrogens (tertiary/aromatic N) is 1. The first-order chi connectivity index (χ1) is 12.6. The number of carbonyl (C=O) groups is 2. The largest absolute Gasteiger partial charge is 0.497 e. The van der Waals surface area contributed by atoms with Gasteiger partial charge in [-0.25, -0.2) is 0 Å². The Hall–Kier alpha value is -3.02. The van der Waals surface area contributed by atoms with Crippen molar-refractivity contribution in [2.75, 3.05) is 18.6 Å². The Bertz CT molecular complexity index is 804. The van der Waals surface area contributed by atoms with E-state index in [9.17, 15) is 9.59 Å². The number of methoxy groups -OCH3 is 1. The summed E-state index contributed by atoms with van der Waals surface area (Å²) >= 11 is 0. The van der Waals surface area contributed by atoms with Crippen LogP contribution < -0.4 is 14.4 Å². The van der Waals surface area contributed by atoms with E-state index < -0.39 is 6.10 Å². The number of benzene rings is 2. The van der Waals surface area contributed by atoms with Gasteiger partial charge in [-0.2, -0.15) is 0 Å². The number of amides is 1. The zero-order chi connectivity index (χ0) is 18.5. The molecule has 1 atom stereocenters. The first-order valence-electron chi connectivity index (χ1n) is 8.44. The second-order valence-corrected chi connectivity index (χ2v) is 5.98. The predicted octanol–water partition coefficient (Wildman–Crippen LogP) is 2.94. The van der Waals surface area contributed by atoms with Crippen molar-refractivity contribution in [3.05, 3.63) is 54.1 Å². The lowest BCUT2D eigenvalue weighted by Gasteiger charge is -2.32. The van der Waals surface area contributed by atoms with Gasteiger partial charge in [-0.3, -0.25) is 9.59 Å².